The van der Waals surface area contributed by atoms with Crippen LogP contribution in [0.25, 0.3) is 0 Å². The Bertz CT molecular complexity index is 394. The fourth-order valence-corrected chi connectivity index (χ4v) is 2.42. The highest BCUT2D eigenvalue weighted by atomic mass is 16.7. The Morgan fingerprint density at radius 1 is 1.23 bits per heavy atom. The van der Waals surface area contributed by atoms with Crippen molar-refractivity contribution in [1.82, 2.24) is 0 Å². The van der Waals surface area contributed by atoms with Crippen molar-refractivity contribution in [3.05, 3.63) is 12.2 Å². The number of rotatable bonds is 8. The lowest BCUT2D eigenvalue weighted by molar-refractivity contribution is -0.149. The Hall–Kier alpha value is -0.950. The molecule has 2 saturated heterocycles. The largest absolute Gasteiger partial charge is 0.454 e. The maximum atomic E-state index is 11.6. The summed E-state index contributed by atoms with van der Waals surface area (Å²) in [7, 11) is 0. The molecule has 2 rings (SSSR count). The van der Waals surface area contributed by atoms with E-state index in [-0.39, 0.29) is 25.1 Å². The molecule has 0 aromatic rings. The minimum atomic E-state index is -0.417. The van der Waals surface area contributed by atoms with Crippen LogP contribution in [0.15, 0.2) is 12.2 Å². The first kappa shape index (κ1) is 17.4. The van der Waals surface area contributed by atoms with Crippen molar-refractivity contribution in [2.75, 3.05) is 26.6 Å². The van der Waals surface area contributed by atoms with Crippen LogP contribution in [0.2, 0.25) is 0 Å². The molecule has 0 saturated carbocycles. The zero-order chi connectivity index (χ0) is 16.1. The first-order valence-electron chi connectivity index (χ1n) is 7.78. The van der Waals surface area contributed by atoms with E-state index < -0.39 is 12.1 Å². The maximum absolute atomic E-state index is 11.6. The predicted octanol–water partition coefficient (Wildman–Crippen LogP) is 1.68. The highest BCUT2D eigenvalue weighted by molar-refractivity contribution is 5.87. The molecular formula is C16H26O6. The summed E-state index contributed by atoms with van der Waals surface area (Å²) in [6.07, 6.45) is -0.0609. The topological polar surface area (TPSA) is 63.2 Å². The molecule has 0 amide bonds. The lowest BCUT2D eigenvalue weighted by Crippen LogP contribution is -2.35. The average molecular weight is 314 g/mol. The summed E-state index contributed by atoms with van der Waals surface area (Å²) in [6.45, 7) is 11.1. The molecule has 0 unspecified atom stereocenters. The maximum Gasteiger partial charge on any atom is 0.333 e. The van der Waals surface area contributed by atoms with Gasteiger partial charge in [0.25, 0.3) is 0 Å². The summed E-state index contributed by atoms with van der Waals surface area (Å²) < 4.78 is 27.8. The summed E-state index contributed by atoms with van der Waals surface area (Å²) in [4.78, 5) is 11.6. The van der Waals surface area contributed by atoms with E-state index in [1.54, 1.807) is 6.92 Å². The molecule has 2 fully saturated rings. The average Bonchev–Trinajstić information content (AvgIpc) is 3.02. The van der Waals surface area contributed by atoms with Gasteiger partial charge in [0.1, 0.15) is 25.1 Å². The molecule has 126 valence electrons. The van der Waals surface area contributed by atoms with Crippen LogP contribution in [0.3, 0.4) is 0 Å². The number of hydrogen-bond donors (Lipinski definition) is 0. The Morgan fingerprint density at radius 3 is 2.50 bits per heavy atom. The van der Waals surface area contributed by atoms with Gasteiger partial charge < -0.3 is 23.7 Å². The van der Waals surface area contributed by atoms with Crippen molar-refractivity contribution >= 4 is 5.97 Å². The van der Waals surface area contributed by atoms with Crippen LogP contribution in [-0.2, 0) is 28.5 Å². The lowest BCUT2D eigenvalue weighted by atomic mass is 10.1. The van der Waals surface area contributed by atoms with Gasteiger partial charge in [-0.2, -0.15) is 0 Å². The van der Waals surface area contributed by atoms with E-state index >= 15 is 0 Å². The summed E-state index contributed by atoms with van der Waals surface area (Å²) in [6, 6.07) is 0. The molecule has 0 spiro atoms. The monoisotopic (exact) mass is 314 g/mol. The SMILES string of the molecule is C=C(C)C(=O)O[C@H]1CO[C@H]2[C@@H]1OC[C@H]2OCOCCC(C)C. The number of fused-ring (bicyclic) bond motifs is 1. The van der Waals surface area contributed by atoms with Crippen molar-refractivity contribution in [2.24, 2.45) is 5.92 Å². The summed E-state index contributed by atoms with van der Waals surface area (Å²) in [5.74, 6) is 0.195. The van der Waals surface area contributed by atoms with E-state index in [4.69, 9.17) is 23.7 Å². The van der Waals surface area contributed by atoms with E-state index in [9.17, 15) is 4.79 Å². The molecule has 0 aromatic heterocycles. The van der Waals surface area contributed by atoms with E-state index in [0.29, 0.717) is 31.3 Å². The minimum absolute atomic E-state index is 0.183. The van der Waals surface area contributed by atoms with Gasteiger partial charge in [0.05, 0.1) is 13.2 Å². The second-order valence-electron chi connectivity index (χ2n) is 6.23. The van der Waals surface area contributed by atoms with Crippen LogP contribution in [0.4, 0.5) is 0 Å². The fourth-order valence-electron chi connectivity index (χ4n) is 2.42. The van der Waals surface area contributed by atoms with E-state index in [1.165, 1.54) is 0 Å². The summed E-state index contributed by atoms with van der Waals surface area (Å²) >= 11 is 0. The third-order valence-electron chi connectivity index (χ3n) is 3.77. The van der Waals surface area contributed by atoms with Crippen LogP contribution >= 0.6 is 0 Å². The van der Waals surface area contributed by atoms with Gasteiger partial charge >= 0.3 is 5.97 Å². The summed E-state index contributed by atoms with van der Waals surface area (Å²) in [5.41, 5.74) is 0.368. The van der Waals surface area contributed by atoms with Crippen LogP contribution in [-0.4, -0.2) is 57.0 Å². The normalized spacial score (nSPS) is 30.5. The molecule has 2 aliphatic heterocycles. The molecule has 4 atom stereocenters. The second-order valence-corrected chi connectivity index (χ2v) is 6.23. The smallest absolute Gasteiger partial charge is 0.333 e. The third kappa shape index (κ3) is 4.52. The highest BCUT2D eigenvalue weighted by Crippen LogP contribution is 2.30. The minimum Gasteiger partial charge on any atom is -0.454 e. The van der Waals surface area contributed by atoms with Gasteiger partial charge in [-0.25, -0.2) is 4.79 Å². The Balaban J connectivity index is 1.71. The zero-order valence-electron chi connectivity index (χ0n) is 13.6. The van der Waals surface area contributed by atoms with Crippen molar-refractivity contribution < 1.29 is 28.5 Å². The molecule has 0 N–H and O–H groups in total. The molecule has 2 aliphatic rings. The number of ether oxygens (including phenoxy) is 5. The second kappa shape index (κ2) is 8.06. The summed E-state index contributed by atoms with van der Waals surface area (Å²) in [5, 5.41) is 0. The molecule has 0 aliphatic carbocycles. The molecular weight excluding hydrogens is 288 g/mol. The van der Waals surface area contributed by atoms with Gasteiger partial charge in [-0.15, -0.1) is 0 Å². The van der Waals surface area contributed by atoms with Crippen molar-refractivity contribution in [3.8, 4) is 0 Å². The van der Waals surface area contributed by atoms with Crippen LogP contribution in [0.5, 0.6) is 0 Å². The van der Waals surface area contributed by atoms with E-state index in [0.717, 1.165) is 6.42 Å². The van der Waals surface area contributed by atoms with Gasteiger partial charge in [-0.1, -0.05) is 20.4 Å². The Kier molecular flexibility index (Phi) is 6.37. The van der Waals surface area contributed by atoms with Crippen molar-refractivity contribution in [1.29, 1.82) is 0 Å². The quantitative estimate of drug-likeness (QED) is 0.294. The fraction of sp³-hybridized carbons (Fsp3) is 0.812. The molecule has 22 heavy (non-hydrogen) atoms. The van der Waals surface area contributed by atoms with E-state index in [1.807, 2.05) is 0 Å². The van der Waals surface area contributed by atoms with Gasteiger partial charge in [0.2, 0.25) is 0 Å². The number of hydrogen-bond acceptors (Lipinski definition) is 6. The zero-order valence-corrected chi connectivity index (χ0v) is 13.6. The molecule has 2 heterocycles. The van der Waals surface area contributed by atoms with Gasteiger partial charge in [0, 0.05) is 12.2 Å². The van der Waals surface area contributed by atoms with Crippen LogP contribution < -0.4 is 0 Å². The van der Waals surface area contributed by atoms with Crippen molar-refractivity contribution in [3.63, 3.8) is 0 Å². The molecule has 6 heteroatoms. The van der Waals surface area contributed by atoms with Gasteiger partial charge in [0.15, 0.2) is 6.10 Å². The third-order valence-corrected chi connectivity index (χ3v) is 3.77. The Labute approximate surface area is 131 Å². The van der Waals surface area contributed by atoms with Crippen molar-refractivity contribution in [2.45, 2.75) is 51.6 Å². The standard InChI is InChI=1S/C16H26O6/c1-10(2)5-6-18-9-21-12-7-19-15-13(8-20-14(12)15)22-16(17)11(3)4/h10,12-15H,3,5-9H2,1-2,4H3/t12-,13+,14-,15-/m1/s1. The number of carbonyl (C=O) groups excluding carboxylic acids is 1. The van der Waals surface area contributed by atoms with Crippen LogP contribution in [0, 0.1) is 5.92 Å². The first-order chi connectivity index (χ1) is 10.5. The molecule has 0 radical (unpaired) electrons. The molecule has 0 aromatic carbocycles. The predicted molar refractivity (Wildman–Crippen MR) is 79.3 cm³/mol. The number of carbonyl (C=O) groups is 1. The highest BCUT2D eigenvalue weighted by Gasteiger charge is 2.50. The Morgan fingerprint density at radius 2 is 1.86 bits per heavy atom. The van der Waals surface area contributed by atoms with Crippen LogP contribution in [0.1, 0.15) is 27.2 Å². The number of esters is 1. The molecule has 0 bridgehead atoms. The van der Waals surface area contributed by atoms with Gasteiger partial charge in [-0.3, -0.25) is 0 Å². The first-order valence-corrected chi connectivity index (χ1v) is 7.78. The van der Waals surface area contributed by atoms with E-state index in [2.05, 4.69) is 20.4 Å². The van der Waals surface area contributed by atoms with Gasteiger partial charge in [-0.05, 0) is 19.3 Å². The lowest BCUT2D eigenvalue weighted by Gasteiger charge is -2.17. The molecule has 6 nitrogen and oxygen atoms in total.